The number of rotatable bonds is 8. The molecule has 2 fully saturated rings. The van der Waals surface area contributed by atoms with Crippen LogP contribution in [-0.2, 0) is 4.74 Å². The van der Waals surface area contributed by atoms with Gasteiger partial charge in [0, 0.05) is 51.3 Å². The van der Waals surface area contributed by atoms with Gasteiger partial charge in [0.25, 0.3) is 11.8 Å². The van der Waals surface area contributed by atoms with Crippen molar-refractivity contribution < 1.29 is 19.1 Å². The molecule has 9 nitrogen and oxygen atoms in total. The number of ether oxygens (including phenoxy) is 2. The van der Waals surface area contributed by atoms with Gasteiger partial charge < -0.3 is 19.7 Å². The predicted molar refractivity (Wildman–Crippen MR) is 138 cm³/mol. The van der Waals surface area contributed by atoms with Gasteiger partial charge in [0.1, 0.15) is 17.5 Å². The molecule has 9 heteroatoms. The molecular weight excluding hydrogens is 470 g/mol. The quantitative estimate of drug-likeness (QED) is 0.587. The van der Waals surface area contributed by atoms with Crippen LogP contribution in [0.5, 0.6) is 5.75 Å². The fraction of sp³-hybridized carbons (Fsp3) is 0.500. The lowest BCUT2D eigenvalue weighted by atomic mass is 10.0. The molecule has 4 rings (SSSR count). The van der Waals surface area contributed by atoms with Crippen LogP contribution in [0, 0.1) is 11.3 Å². The summed E-state index contributed by atoms with van der Waals surface area (Å²) in [5.41, 5.74) is 1.38. The molecule has 0 unspecified atom stereocenters. The summed E-state index contributed by atoms with van der Waals surface area (Å²) in [6.45, 7) is 7.60. The summed E-state index contributed by atoms with van der Waals surface area (Å²) >= 11 is 0. The normalized spacial score (nSPS) is 17.4. The number of amides is 2. The molecule has 196 valence electrons. The van der Waals surface area contributed by atoms with Crippen LogP contribution in [0.15, 0.2) is 42.6 Å². The van der Waals surface area contributed by atoms with Crippen molar-refractivity contribution in [3.05, 3.63) is 59.4 Å². The SMILES string of the molecule is CC(C)OCN1CCC(NC(=O)c2ccc(C(=O)N3CCC(Oc4ccc(C#N)cc4)CC3)nc2)CC1. The van der Waals surface area contributed by atoms with Crippen molar-refractivity contribution >= 4 is 11.8 Å². The minimum Gasteiger partial charge on any atom is -0.490 e. The van der Waals surface area contributed by atoms with Gasteiger partial charge in [-0.2, -0.15) is 5.26 Å². The van der Waals surface area contributed by atoms with Gasteiger partial charge in [0.2, 0.25) is 0 Å². The van der Waals surface area contributed by atoms with Crippen LogP contribution in [-0.4, -0.2) is 77.8 Å². The Bertz CT molecular complexity index is 1080. The second-order valence-corrected chi connectivity index (χ2v) is 9.89. The number of nitrogens with one attached hydrogen (secondary N) is 1. The molecule has 2 aromatic rings. The molecule has 2 saturated heterocycles. The Balaban J connectivity index is 1.21. The van der Waals surface area contributed by atoms with Crippen LogP contribution in [0.2, 0.25) is 0 Å². The summed E-state index contributed by atoms with van der Waals surface area (Å²) in [5.74, 6) is 0.425. The van der Waals surface area contributed by atoms with Crippen molar-refractivity contribution in [2.45, 2.75) is 57.8 Å². The van der Waals surface area contributed by atoms with Crippen molar-refractivity contribution in [1.82, 2.24) is 20.1 Å². The summed E-state index contributed by atoms with van der Waals surface area (Å²) in [7, 11) is 0. The van der Waals surface area contributed by atoms with Gasteiger partial charge in [0.05, 0.1) is 30.0 Å². The first-order valence-corrected chi connectivity index (χ1v) is 13.0. The molecule has 0 aliphatic carbocycles. The highest BCUT2D eigenvalue weighted by atomic mass is 16.5. The van der Waals surface area contributed by atoms with Crippen LogP contribution in [0.25, 0.3) is 0 Å². The number of piperidine rings is 2. The Hall–Kier alpha value is -3.48. The fourth-order valence-electron chi connectivity index (χ4n) is 4.52. The number of aromatic nitrogens is 1. The van der Waals surface area contributed by atoms with Crippen molar-refractivity contribution in [3.63, 3.8) is 0 Å². The first-order chi connectivity index (χ1) is 17.9. The third kappa shape index (κ3) is 7.51. The lowest BCUT2D eigenvalue weighted by Crippen LogP contribution is -2.45. The number of nitrogens with zero attached hydrogens (tertiary/aromatic N) is 4. The molecule has 0 saturated carbocycles. The van der Waals surface area contributed by atoms with E-state index in [-0.39, 0.29) is 30.1 Å². The van der Waals surface area contributed by atoms with Gasteiger partial charge in [0.15, 0.2) is 0 Å². The topological polar surface area (TPSA) is 108 Å². The van der Waals surface area contributed by atoms with Crippen molar-refractivity contribution in [1.29, 1.82) is 5.26 Å². The van der Waals surface area contributed by atoms with Crippen LogP contribution in [0.3, 0.4) is 0 Å². The number of hydrogen-bond donors (Lipinski definition) is 1. The zero-order valence-electron chi connectivity index (χ0n) is 21.6. The summed E-state index contributed by atoms with van der Waals surface area (Å²) in [4.78, 5) is 34.0. The smallest absolute Gasteiger partial charge is 0.272 e. The molecule has 2 aliphatic heterocycles. The Labute approximate surface area is 218 Å². The maximum absolute atomic E-state index is 12.9. The average Bonchev–Trinajstić information content (AvgIpc) is 2.93. The van der Waals surface area contributed by atoms with Crippen LogP contribution < -0.4 is 10.1 Å². The molecular formula is C28H35N5O4. The number of likely N-dealkylation sites (tertiary alicyclic amines) is 2. The number of hydrogen-bond acceptors (Lipinski definition) is 7. The Morgan fingerprint density at radius 1 is 1.05 bits per heavy atom. The molecule has 1 N–H and O–H groups in total. The summed E-state index contributed by atoms with van der Waals surface area (Å²) in [6, 6.07) is 12.6. The van der Waals surface area contributed by atoms with Gasteiger partial charge in [-0.1, -0.05) is 0 Å². The third-order valence-electron chi connectivity index (χ3n) is 6.77. The van der Waals surface area contributed by atoms with Gasteiger partial charge in [-0.15, -0.1) is 0 Å². The van der Waals surface area contributed by atoms with E-state index in [4.69, 9.17) is 14.7 Å². The highest BCUT2D eigenvalue weighted by molar-refractivity contribution is 5.96. The zero-order chi connectivity index (χ0) is 26.2. The highest BCUT2D eigenvalue weighted by Gasteiger charge is 2.26. The van der Waals surface area contributed by atoms with Crippen molar-refractivity contribution in [3.8, 4) is 11.8 Å². The minimum atomic E-state index is -0.163. The Kier molecular flexibility index (Phi) is 9.09. The van der Waals surface area contributed by atoms with Crippen LogP contribution in [0.1, 0.15) is 65.9 Å². The van der Waals surface area contributed by atoms with Crippen molar-refractivity contribution in [2.75, 3.05) is 32.9 Å². The molecule has 37 heavy (non-hydrogen) atoms. The molecule has 0 atom stereocenters. The molecule has 3 heterocycles. The van der Waals surface area contributed by atoms with E-state index < -0.39 is 0 Å². The summed E-state index contributed by atoms with van der Waals surface area (Å²) in [5, 5.41) is 12.0. The summed E-state index contributed by atoms with van der Waals surface area (Å²) in [6.07, 6.45) is 4.90. The van der Waals surface area contributed by atoms with Gasteiger partial charge in [-0.05, 0) is 63.1 Å². The van der Waals surface area contributed by atoms with Gasteiger partial charge in [-0.25, -0.2) is 0 Å². The van der Waals surface area contributed by atoms with E-state index in [1.54, 1.807) is 41.3 Å². The van der Waals surface area contributed by atoms with E-state index in [1.807, 2.05) is 13.8 Å². The molecule has 1 aromatic carbocycles. The van der Waals surface area contributed by atoms with Gasteiger partial charge >= 0.3 is 0 Å². The lowest BCUT2D eigenvalue weighted by Gasteiger charge is -2.32. The number of pyridine rings is 1. The van der Waals surface area contributed by atoms with E-state index in [1.165, 1.54) is 6.20 Å². The maximum Gasteiger partial charge on any atom is 0.272 e. The van der Waals surface area contributed by atoms with Crippen molar-refractivity contribution in [2.24, 2.45) is 0 Å². The Morgan fingerprint density at radius 3 is 2.35 bits per heavy atom. The Morgan fingerprint density at radius 2 is 1.76 bits per heavy atom. The first kappa shape index (κ1) is 26.6. The molecule has 2 amide bonds. The minimum absolute atomic E-state index is 0.0191. The van der Waals surface area contributed by atoms with Gasteiger partial charge in [-0.3, -0.25) is 19.5 Å². The largest absolute Gasteiger partial charge is 0.490 e. The van der Waals surface area contributed by atoms with E-state index in [9.17, 15) is 9.59 Å². The van der Waals surface area contributed by atoms with E-state index >= 15 is 0 Å². The first-order valence-electron chi connectivity index (χ1n) is 13.0. The van der Waals surface area contributed by atoms with E-state index in [0.717, 1.165) is 31.7 Å². The molecule has 1 aromatic heterocycles. The molecule has 2 aliphatic rings. The fourth-order valence-corrected chi connectivity index (χ4v) is 4.52. The zero-order valence-corrected chi connectivity index (χ0v) is 21.6. The number of carbonyl (C=O) groups is 2. The predicted octanol–water partition coefficient (Wildman–Crippen LogP) is 3.21. The molecule has 0 spiro atoms. The van der Waals surface area contributed by atoms with E-state index in [2.05, 4.69) is 21.3 Å². The number of nitriles is 1. The molecule has 0 radical (unpaired) electrons. The lowest BCUT2D eigenvalue weighted by molar-refractivity contribution is -0.0166. The van der Waals surface area contributed by atoms with Crippen LogP contribution >= 0.6 is 0 Å². The standard InChI is InChI=1S/C28H35N5O4/c1-20(2)36-19-32-13-9-23(10-14-32)31-27(34)22-5-8-26(30-18-22)28(35)33-15-11-25(12-16-33)37-24-6-3-21(17-29)4-7-24/h3-8,18,20,23,25H,9-16,19H2,1-2H3,(H,31,34). The average molecular weight is 506 g/mol. The molecule has 0 bridgehead atoms. The highest BCUT2D eigenvalue weighted by Crippen LogP contribution is 2.21. The van der Waals surface area contributed by atoms with E-state index in [0.29, 0.717) is 49.5 Å². The number of benzene rings is 1. The second kappa shape index (κ2) is 12.7. The summed E-state index contributed by atoms with van der Waals surface area (Å²) < 4.78 is 11.7. The number of carbonyl (C=O) groups excluding carboxylic acids is 2. The maximum atomic E-state index is 12.9. The third-order valence-corrected chi connectivity index (χ3v) is 6.77. The van der Waals surface area contributed by atoms with Crippen LogP contribution in [0.4, 0.5) is 0 Å². The monoisotopic (exact) mass is 505 g/mol. The second-order valence-electron chi connectivity index (χ2n) is 9.89.